The Balaban J connectivity index is 2.19. The second-order valence-electron chi connectivity index (χ2n) is 5.50. The standard InChI is InChI=1S/C17H19F3N4O/c1-3-4-8-21-16(25)14-10-15(23-11(2)22-14)24-13-7-5-6-12(9-13)17(18,19)20/h5-7,9-10H,3-4,8H2,1-2H3,(H,21,25)(H,22,23,24). The monoisotopic (exact) mass is 352 g/mol. The van der Waals surface area contributed by atoms with Crippen LogP contribution in [0, 0.1) is 6.92 Å². The fourth-order valence-corrected chi connectivity index (χ4v) is 2.14. The molecular formula is C17H19F3N4O. The number of nitrogens with zero attached hydrogens (tertiary/aromatic N) is 2. The van der Waals surface area contributed by atoms with E-state index in [9.17, 15) is 18.0 Å². The fraction of sp³-hybridized carbons (Fsp3) is 0.353. The minimum Gasteiger partial charge on any atom is -0.351 e. The Morgan fingerprint density at radius 1 is 1.20 bits per heavy atom. The van der Waals surface area contributed by atoms with Crippen LogP contribution in [0.4, 0.5) is 24.7 Å². The smallest absolute Gasteiger partial charge is 0.351 e. The average Bonchev–Trinajstić information content (AvgIpc) is 2.54. The number of benzene rings is 1. The second-order valence-corrected chi connectivity index (χ2v) is 5.50. The van der Waals surface area contributed by atoms with Crippen molar-refractivity contribution in [2.75, 3.05) is 11.9 Å². The van der Waals surface area contributed by atoms with Crippen molar-refractivity contribution in [3.63, 3.8) is 0 Å². The van der Waals surface area contributed by atoms with Gasteiger partial charge in [-0.25, -0.2) is 9.97 Å². The minimum absolute atomic E-state index is 0.165. The van der Waals surface area contributed by atoms with Gasteiger partial charge >= 0.3 is 6.18 Å². The van der Waals surface area contributed by atoms with Crippen molar-refractivity contribution in [1.29, 1.82) is 0 Å². The van der Waals surface area contributed by atoms with E-state index < -0.39 is 11.7 Å². The summed E-state index contributed by atoms with van der Waals surface area (Å²) >= 11 is 0. The molecular weight excluding hydrogens is 333 g/mol. The van der Waals surface area contributed by atoms with Crippen LogP contribution in [0.15, 0.2) is 30.3 Å². The van der Waals surface area contributed by atoms with Gasteiger partial charge in [0.05, 0.1) is 5.56 Å². The maximum absolute atomic E-state index is 12.8. The Labute approximate surface area is 143 Å². The van der Waals surface area contributed by atoms with Crippen molar-refractivity contribution in [3.8, 4) is 0 Å². The van der Waals surface area contributed by atoms with Crippen molar-refractivity contribution < 1.29 is 18.0 Å². The van der Waals surface area contributed by atoms with E-state index >= 15 is 0 Å². The molecule has 1 aromatic carbocycles. The minimum atomic E-state index is -4.43. The normalized spacial score (nSPS) is 11.2. The molecule has 0 saturated heterocycles. The van der Waals surface area contributed by atoms with Crippen LogP contribution < -0.4 is 10.6 Å². The van der Waals surface area contributed by atoms with Crippen molar-refractivity contribution in [1.82, 2.24) is 15.3 Å². The number of unbranched alkanes of at least 4 members (excludes halogenated alkanes) is 1. The molecule has 134 valence electrons. The summed E-state index contributed by atoms with van der Waals surface area (Å²) in [6, 6.07) is 6.18. The highest BCUT2D eigenvalue weighted by Gasteiger charge is 2.30. The highest BCUT2D eigenvalue weighted by atomic mass is 19.4. The van der Waals surface area contributed by atoms with E-state index in [0.29, 0.717) is 12.4 Å². The van der Waals surface area contributed by atoms with E-state index in [2.05, 4.69) is 20.6 Å². The predicted molar refractivity (Wildman–Crippen MR) is 88.7 cm³/mol. The van der Waals surface area contributed by atoms with Crippen LogP contribution in [0.5, 0.6) is 0 Å². The number of amides is 1. The van der Waals surface area contributed by atoms with E-state index in [-0.39, 0.29) is 23.1 Å². The molecule has 0 bridgehead atoms. The topological polar surface area (TPSA) is 66.9 Å². The van der Waals surface area contributed by atoms with Crippen LogP contribution in [0.1, 0.15) is 41.6 Å². The Morgan fingerprint density at radius 2 is 1.96 bits per heavy atom. The average molecular weight is 352 g/mol. The largest absolute Gasteiger partial charge is 0.416 e. The molecule has 25 heavy (non-hydrogen) atoms. The number of halogens is 3. The van der Waals surface area contributed by atoms with Crippen molar-refractivity contribution in [2.24, 2.45) is 0 Å². The first-order valence-electron chi connectivity index (χ1n) is 7.87. The molecule has 1 heterocycles. The number of nitrogens with one attached hydrogen (secondary N) is 2. The Morgan fingerprint density at radius 3 is 2.64 bits per heavy atom. The van der Waals surface area contributed by atoms with Gasteiger partial charge in [0.1, 0.15) is 17.3 Å². The van der Waals surface area contributed by atoms with Gasteiger partial charge in [-0.2, -0.15) is 13.2 Å². The zero-order chi connectivity index (χ0) is 18.4. The van der Waals surface area contributed by atoms with Crippen LogP contribution in [0.25, 0.3) is 0 Å². The number of rotatable bonds is 6. The van der Waals surface area contributed by atoms with Gasteiger partial charge in [0.25, 0.3) is 5.91 Å². The number of carbonyl (C=O) groups excluding carboxylic acids is 1. The molecule has 2 aromatic rings. The lowest BCUT2D eigenvalue weighted by Gasteiger charge is -2.11. The summed E-state index contributed by atoms with van der Waals surface area (Å²) in [5.41, 5.74) is -0.371. The van der Waals surface area contributed by atoms with Crippen LogP contribution in [0.2, 0.25) is 0 Å². The first kappa shape index (κ1) is 18.7. The third-order valence-corrected chi connectivity index (χ3v) is 3.35. The molecule has 1 aromatic heterocycles. The molecule has 5 nitrogen and oxygen atoms in total. The number of aromatic nitrogens is 2. The fourth-order valence-electron chi connectivity index (χ4n) is 2.14. The molecule has 0 aliphatic rings. The molecule has 0 aliphatic carbocycles. The maximum atomic E-state index is 12.8. The quantitative estimate of drug-likeness (QED) is 0.769. The molecule has 0 atom stereocenters. The molecule has 8 heteroatoms. The van der Waals surface area contributed by atoms with Gasteiger partial charge in [-0.3, -0.25) is 4.79 Å². The number of carbonyl (C=O) groups is 1. The van der Waals surface area contributed by atoms with Gasteiger partial charge in [0.15, 0.2) is 0 Å². The number of aryl methyl sites for hydroxylation is 1. The third kappa shape index (κ3) is 5.44. The summed E-state index contributed by atoms with van der Waals surface area (Å²) in [7, 11) is 0. The summed E-state index contributed by atoms with van der Waals surface area (Å²) in [5, 5.41) is 5.53. The summed E-state index contributed by atoms with van der Waals surface area (Å²) in [5.74, 6) is 0.260. The molecule has 0 unspecified atom stereocenters. The van der Waals surface area contributed by atoms with E-state index in [0.717, 1.165) is 25.0 Å². The van der Waals surface area contributed by atoms with Crippen LogP contribution >= 0.6 is 0 Å². The molecule has 0 radical (unpaired) electrons. The lowest BCUT2D eigenvalue weighted by molar-refractivity contribution is -0.137. The number of alkyl halides is 3. The first-order chi connectivity index (χ1) is 11.8. The Hall–Kier alpha value is -2.64. The van der Waals surface area contributed by atoms with E-state index in [1.54, 1.807) is 6.92 Å². The lowest BCUT2D eigenvalue weighted by Crippen LogP contribution is -2.25. The van der Waals surface area contributed by atoms with Crippen LogP contribution in [-0.4, -0.2) is 22.4 Å². The number of hydrogen-bond donors (Lipinski definition) is 2. The Kier molecular flexibility index (Phi) is 5.95. The molecule has 0 spiro atoms. The molecule has 0 fully saturated rings. The third-order valence-electron chi connectivity index (χ3n) is 3.35. The Bertz CT molecular complexity index is 747. The molecule has 0 aliphatic heterocycles. The van der Waals surface area contributed by atoms with Crippen LogP contribution in [-0.2, 0) is 6.18 Å². The summed E-state index contributed by atoms with van der Waals surface area (Å²) in [6.45, 7) is 4.16. The first-order valence-corrected chi connectivity index (χ1v) is 7.87. The summed E-state index contributed by atoms with van der Waals surface area (Å²) in [6.07, 6.45) is -2.62. The van der Waals surface area contributed by atoms with E-state index in [1.165, 1.54) is 18.2 Å². The number of anilines is 2. The molecule has 2 rings (SSSR count). The van der Waals surface area contributed by atoms with Gasteiger partial charge in [-0.15, -0.1) is 0 Å². The lowest BCUT2D eigenvalue weighted by atomic mass is 10.2. The summed E-state index contributed by atoms with van der Waals surface area (Å²) in [4.78, 5) is 20.3. The van der Waals surface area contributed by atoms with Crippen LogP contribution in [0.3, 0.4) is 0 Å². The van der Waals surface area contributed by atoms with E-state index in [4.69, 9.17) is 0 Å². The molecule has 1 amide bonds. The van der Waals surface area contributed by atoms with Gasteiger partial charge in [-0.05, 0) is 31.5 Å². The highest BCUT2D eigenvalue weighted by molar-refractivity contribution is 5.93. The van der Waals surface area contributed by atoms with Gasteiger partial charge < -0.3 is 10.6 Å². The molecule has 2 N–H and O–H groups in total. The zero-order valence-corrected chi connectivity index (χ0v) is 13.9. The van der Waals surface area contributed by atoms with Crippen molar-refractivity contribution in [3.05, 3.63) is 47.4 Å². The summed E-state index contributed by atoms with van der Waals surface area (Å²) < 4.78 is 38.3. The van der Waals surface area contributed by atoms with Crippen molar-refractivity contribution in [2.45, 2.75) is 32.9 Å². The van der Waals surface area contributed by atoms with Gasteiger partial charge in [0.2, 0.25) is 0 Å². The van der Waals surface area contributed by atoms with Gasteiger partial charge in [0, 0.05) is 18.3 Å². The SMILES string of the molecule is CCCCNC(=O)c1cc(Nc2cccc(C(F)(F)F)c2)nc(C)n1. The van der Waals surface area contributed by atoms with E-state index in [1.807, 2.05) is 6.92 Å². The highest BCUT2D eigenvalue weighted by Crippen LogP contribution is 2.31. The maximum Gasteiger partial charge on any atom is 0.416 e. The molecule has 0 saturated carbocycles. The number of hydrogen-bond acceptors (Lipinski definition) is 4. The second kappa shape index (κ2) is 7.96. The zero-order valence-electron chi connectivity index (χ0n) is 13.9. The van der Waals surface area contributed by atoms with Crippen molar-refractivity contribution >= 4 is 17.4 Å². The van der Waals surface area contributed by atoms with Gasteiger partial charge in [-0.1, -0.05) is 19.4 Å². The predicted octanol–water partition coefficient (Wildman–Crippen LogP) is 4.08.